The first kappa shape index (κ1) is 30.1. The number of hydrogen-bond donors (Lipinski definition) is 5. The van der Waals surface area contributed by atoms with Crippen molar-refractivity contribution in [3.63, 3.8) is 0 Å². The maximum absolute atomic E-state index is 13.8. The van der Waals surface area contributed by atoms with Gasteiger partial charge in [0.1, 0.15) is 17.8 Å². The van der Waals surface area contributed by atoms with Crippen LogP contribution in [0, 0.1) is 0 Å². The molecule has 0 radical (unpaired) electrons. The average molecular weight is 626 g/mol. The number of H-pyrrole nitrogens is 2. The van der Waals surface area contributed by atoms with Gasteiger partial charge in [-0.2, -0.15) is 5.10 Å². The molecule has 2 atom stereocenters. The number of carbonyl (C=O) groups is 1. The van der Waals surface area contributed by atoms with E-state index in [0.717, 1.165) is 57.5 Å². The van der Waals surface area contributed by atoms with E-state index in [1.165, 1.54) is 10.9 Å². The minimum atomic E-state index is -0.410. The minimum Gasteiger partial charge on any atom is -0.497 e. The van der Waals surface area contributed by atoms with Gasteiger partial charge in [-0.25, -0.2) is 0 Å². The molecule has 9 heteroatoms. The zero-order valence-electron chi connectivity index (χ0n) is 26.4. The molecule has 1 aliphatic heterocycles. The van der Waals surface area contributed by atoms with Crippen molar-refractivity contribution in [3.05, 3.63) is 137 Å². The normalized spacial score (nSPS) is 15.1. The van der Waals surface area contributed by atoms with Crippen molar-refractivity contribution in [2.75, 3.05) is 7.11 Å². The number of methoxy groups -OCH3 is 1. The zero-order valence-corrected chi connectivity index (χ0v) is 26.4. The van der Waals surface area contributed by atoms with Crippen molar-refractivity contribution >= 4 is 33.5 Å². The largest absolute Gasteiger partial charge is 0.497 e. The lowest BCUT2D eigenvalue weighted by Crippen LogP contribution is -2.50. The molecule has 6 N–H and O–H groups in total. The number of amides is 1. The van der Waals surface area contributed by atoms with E-state index >= 15 is 0 Å². The fourth-order valence-electron chi connectivity index (χ4n) is 6.49. The molecule has 0 fully saturated rings. The van der Waals surface area contributed by atoms with Crippen LogP contribution in [0.2, 0.25) is 0 Å². The maximum atomic E-state index is 13.8. The molecular weight excluding hydrogens is 586 g/mol. The molecule has 7 rings (SSSR count). The number of aromatic nitrogens is 2. The van der Waals surface area contributed by atoms with Gasteiger partial charge in [0.05, 0.1) is 13.2 Å². The van der Waals surface area contributed by atoms with E-state index in [0.29, 0.717) is 25.1 Å². The maximum Gasteiger partial charge on any atom is 0.251 e. The number of nitrogens with zero attached hydrogens (tertiary/aromatic N) is 2. The molecule has 0 saturated heterocycles. The second-order valence-electron chi connectivity index (χ2n) is 12.0. The van der Waals surface area contributed by atoms with Crippen molar-refractivity contribution in [1.29, 1.82) is 0 Å². The number of aryl methyl sites for hydroxylation is 1. The third-order valence-electron chi connectivity index (χ3n) is 9.01. The average Bonchev–Trinajstić information content (AvgIpc) is 3.84. The lowest BCUT2D eigenvalue weighted by molar-refractivity contribution is 0.0944. The van der Waals surface area contributed by atoms with Crippen LogP contribution in [-0.2, 0) is 25.9 Å². The van der Waals surface area contributed by atoms with Crippen LogP contribution in [0.15, 0.2) is 115 Å². The molecule has 9 nitrogen and oxygen atoms in total. The van der Waals surface area contributed by atoms with Crippen LogP contribution in [0.4, 0.5) is 0 Å². The lowest BCUT2D eigenvalue weighted by atomic mass is 10.0. The van der Waals surface area contributed by atoms with Crippen molar-refractivity contribution in [2.45, 2.75) is 44.6 Å². The van der Waals surface area contributed by atoms with Crippen LogP contribution in [0.3, 0.4) is 0 Å². The lowest BCUT2D eigenvalue weighted by Gasteiger charge is -2.31. The molecule has 1 aliphatic rings. The Morgan fingerprint density at radius 3 is 2.32 bits per heavy atom. The molecule has 1 unspecified atom stereocenters. The number of benzene rings is 4. The van der Waals surface area contributed by atoms with E-state index in [1.807, 2.05) is 60.8 Å². The van der Waals surface area contributed by atoms with Crippen LogP contribution in [0.1, 0.15) is 39.0 Å². The Labute approximate surface area is 273 Å². The highest BCUT2D eigenvalue weighted by Gasteiger charge is 2.34. The summed E-state index contributed by atoms with van der Waals surface area (Å²) >= 11 is 0. The number of fused-ring (bicyclic) bond motifs is 2. The Balaban J connectivity index is 1.21. The summed E-state index contributed by atoms with van der Waals surface area (Å²) in [5.41, 5.74) is 16.5. The smallest absolute Gasteiger partial charge is 0.251 e. The van der Waals surface area contributed by atoms with E-state index in [1.54, 1.807) is 7.11 Å². The fourth-order valence-corrected chi connectivity index (χ4v) is 6.49. The number of ether oxygens (including phenoxy) is 1. The zero-order chi connectivity index (χ0) is 32.2. The summed E-state index contributed by atoms with van der Waals surface area (Å²) in [6, 6.07) is 31.8. The molecule has 0 bridgehead atoms. The topological polar surface area (TPSA) is 124 Å². The molecule has 3 heterocycles. The standard InChI is InChI=1S/C38H39N7O2/c1-47-30-16-13-25(14-17-30)24-45-36(18-15-28-22-40-33-11-4-2-9-31(28)33)43-44-37(45)35(20-29-23-41-34-12-5-3-10-32(29)34)42-38(46)27-8-6-7-26(19-27)21-39/h2-14,16-17,19,22-23,35-36,40-41,43H,15,18,20-21,24,39H2,1H3,(H,42,46)/t35-,36?/m1/s1. The number of hydrogen-bond acceptors (Lipinski definition) is 6. The number of carbonyl (C=O) groups excluding carboxylic acids is 1. The van der Waals surface area contributed by atoms with Crippen LogP contribution in [0.5, 0.6) is 5.75 Å². The predicted molar refractivity (Wildman–Crippen MR) is 187 cm³/mol. The minimum absolute atomic E-state index is 0.0799. The summed E-state index contributed by atoms with van der Waals surface area (Å²) in [5.74, 6) is 1.43. The molecule has 0 aliphatic carbocycles. The van der Waals surface area contributed by atoms with Crippen LogP contribution < -0.4 is 21.2 Å². The summed E-state index contributed by atoms with van der Waals surface area (Å²) in [6.45, 7) is 0.974. The summed E-state index contributed by atoms with van der Waals surface area (Å²) in [7, 11) is 1.67. The highest BCUT2D eigenvalue weighted by molar-refractivity contribution is 5.99. The summed E-state index contributed by atoms with van der Waals surface area (Å²) in [4.78, 5) is 22.9. The van der Waals surface area contributed by atoms with Gasteiger partial charge >= 0.3 is 0 Å². The van der Waals surface area contributed by atoms with Gasteiger partial charge in [0.2, 0.25) is 0 Å². The number of rotatable bonds is 12. The number of nitrogens with two attached hydrogens (primary N) is 1. The predicted octanol–water partition coefficient (Wildman–Crippen LogP) is 5.84. The first-order valence-corrected chi connectivity index (χ1v) is 16.0. The molecule has 47 heavy (non-hydrogen) atoms. The van der Waals surface area contributed by atoms with Crippen LogP contribution in [-0.4, -0.2) is 45.9 Å². The van der Waals surface area contributed by atoms with Gasteiger partial charge in [0, 0.05) is 59.3 Å². The van der Waals surface area contributed by atoms with E-state index in [-0.39, 0.29) is 12.1 Å². The van der Waals surface area contributed by atoms with Crippen molar-refractivity contribution < 1.29 is 9.53 Å². The fraction of sp³-hybridized carbons (Fsp3) is 0.211. The van der Waals surface area contributed by atoms with Crippen molar-refractivity contribution in [3.8, 4) is 5.75 Å². The Kier molecular flexibility index (Phi) is 8.62. The molecular formula is C38H39N7O2. The number of nitrogens with one attached hydrogen (secondary N) is 4. The van der Waals surface area contributed by atoms with E-state index in [2.05, 4.69) is 74.3 Å². The van der Waals surface area contributed by atoms with Gasteiger partial charge in [0.25, 0.3) is 5.91 Å². The Morgan fingerprint density at radius 2 is 1.60 bits per heavy atom. The van der Waals surface area contributed by atoms with Crippen LogP contribution >= 0.6 is 0 Å². The van der Waals surface area contributed by atoms with Gasteiger partial charge < -0.3 is 30.7 Å². The van der Waals surface area contributed by atoms with Crippen molar-refractivity contribution in [2.24, 2.45) is 10.8 Å². The SMILES string of the molecule is COc1ccc(CN2C([C@@H](Cc3c[nH]c4ccccc34)NC(=O)c3cccc(CN)c3)=NNC2CCc2c[nH]c3ccccc23)cc1. The quantitative estimate of drug-likeness (QED) is 0.117. The third kappa shape index (κ3) is 6.43. The molecule has 0 saturated carbocycles. The number of amidine groups is 1. The Bertz CT molecular complexity index is 2030. The second-order valence-corrected chi connectivity index (χ2v) is 12.0. The molecule has 2 aromatic heterocycles. The van der Waals surface area contributed by atoms with Gasteiger partial charge in [-0.05, 0) is 71.5 Å². The van der Waals surface area contributed by atoms with E-state index in [9.17, 15) is 4.79 Å². The monoisotopic (exact) mass is 625 g/mol. The number of aromatic amines is 2. The number of hydrazone groups is 1. The molecule has 4 aromatic carbocycles. The van der Waals surface area contributed by atoms with Crippen molar-refractivity contribution in [1.82, 2.24) is 25.6 Å². The third-order valence-corrected chi connectivity index (χ3v) is 9.01. The summed E-state index contributed by atoms with van der Waals surface area (Å²) < 4.78 is 5.42. The molecule has 1 amide bonds. The van der Waals surface area contributed by atoms with Gasteiger partial charge in [-0.1, -0.05) is 60.7 Å². The first-order chi connectivity index (χ1) is 23.1. The highest BCUT2D eigenvalue weighted by Crippen LogP contribution is 2.26. The Morgan fingerprint density at radius 1 is 0.894 bits per heavy atom. The van der Waals surface area contributed by atoms with Crippen LogP contribution in [0.25, 0.3) is 21.8 Å². The summed E-state index contributed by atoms with van der Waals surface area (Å²) in [6.07, 6.45) is 6.28. The molecule has 0 spiro atoms. The van der Waals surface area contributed by atoms with Gasteiger partial charge in [0.15, 0.2) is 0 Å². The highest BCUT2D eigenvalue weighted by atomic mass is 16.5. The summed E-state index contributed by atoms with van der Waals surface area (Å²) in [5, 5.41) is 10.7. The molecule has 6 aromatic rings. The number of para-hydroxylation sites is 2. The van der Waals surface area contributed by atoms with Gasteiger partial charge in [-0.15, -0.1) is 0 Å². The van der Waals surface area contributed by atoms with E-state index in [4.69, 9.17) is 15.6 Å². The van der Waals surface area contributed by atoms with Gasteiger partial charge in [-0.3, -0.25) is 10.2 Å². The second kappa shape index (κ2) is 13.4. The first-order valence-electron chi connectivity index (χ1n) is 16.0. The Hall–Kier alpha value is -5.54. The van der Waals surface area contributed by atoms with E-state index < -0.39 is 6.04 Å². The molecule has 238 valence electrons.